The molecule has 1 amide bonds. The first-order valence-electron chi connectivity index (χ1n) is 9.48. The van der Waals surface area contributed by atoms with Crippen molar-refractivity contribution in [3.63, 3.8) is 0 Å². The molecule has 0 spiro atoms. The fraction of sp³-hybridized carbons (Fsp3) is 0.381. The largest absolute Gasteiger partial charge is 0.493 e. The van der Waals surface area contributed by atoms with Crippen LogP contribution in [0.5, 0.6) is 11.5 Å². The van der Waals surface area contributed by atoms with Crippen molar-refractivity contribution < 1.29 is 14.3 Å². The maximum atomic E-state index is 12.9. The molecule has 0 radical (unpaired) electrons. The highest BCUT2D eigenvalue weighted by Crippen LogP contribution is 2.29. The van der Waals surface area contributed by atoms with Crippen molar-refractivity contribution in [2.24, 2.45) is 0 Å². The van der Waals surface area contributed by atoms with Gasteiger partial charge in [-0.2, -0.15) is 0 Å². The predicted molar refractivity (Wildman–Crippen MR) is 105 cm³/mol. The van der Waals surface area contributed by atoms with Crippen LogP contribution in [-0.2, 0) is 11.2 Å². The van der Waals surface area contributed by atoms with Crippen molar-refractivity contribution in [2.45, 2.75) is 25.2 Å². The number of rotatable bonds is 5. The van der Waals surface area contributed by atoms with E-state index in [-0.39, 0.29) is 11.8 Å². The molecule has 1 atom stereocenters. The Morgan fingerprint density at radius 1 is 1.14 bits per heavy atom. The molecule has 28 heavy (non-hydrogen) atoms. The second-order valence-electron chi connectivity index (χ2n) is 7.03. The average Bonchev–Trinajstić information content (AvgIpc) is 3.18. The lowest BCUT2D eigenvalue weighted by atomic mass is 9.96. The number of hydrogen-bond acceptors (Lipinski definition) is 5. The average molecular weight is 380 g/mol. The molecule has 0 saturated carbocycles. The highest BCUT2D eigenvalue weighted by Gasteiger charge is 2.28. The molecule has 3 heterocycles. The van der Waals surface area contributed by atoms with Gasteiger partial charge in [0.1, 0.15) is 5.82 Å². The number of ether oxygens (including phenoxy) is 2. The predicted octanol–water partition coefficient (Wildman–Crippen LogP) is 2.70. The van der Waals surface area contributed by atoms with Gasteiger partial charge in [0.15, 0.2) is 17.1 Å². The van der Waals surface area contributed by atoms with Crippen LogP contribution < -0.4 is 9.47 Å². The molecular formula is C21H24N4O3. The Hall–Kier alpha value is -3.09. The number of aromatic nitrogens is 3. The lowest BCUT2D eigenvalue weighted by molar-refractivity contribution is -0.131. The smallest absolute Gasteiger partial charge is 0.227 e. The minimum atomic E-state index is 0.116. The van der Waals surface area contributed by atoms with Crippen molar-refractivity contribution in [1.29, 1.82) is 0 Å². The standard InChI is InChI=1S/C21H24N4O3/c1-27-17-9-8-15(12-18(17)28-2)13-20(26)24-10-5-6-16(14-24)21-23-22-19-7-3-4-11-25(19)21/h3-4,7-9,11-12,16H,5-6,10,13-14H2,1-2H3. The van der Waals surface area contributed by atoms with E-state index in [9.17, 15) is 4.79 Å². The van der Waals surface area contributed by atoms with Crippen molar-refractivity contribution in [2.75, 3.05) is 27.3 Å². The fourth-order valence-electron chi connectivity index (χ4n) is 3.83. The number of fused-ring (bicyclic) bond motifs is 1. The second-order valence-corrected chi connectivity index (χ2v) is 7.03. The Bertz CT molecular complexity index is 985. The monoisotopic (exact) mass is 380 g/mol. The van der Waals surface area contributed by atoms with E-state index in [2.05, 4.69) is 10.2 Å². The van der Waals surface area contributed by atoms with E-state index in [0.717, 1.165) is 36.4 Å². The van der Waals surface area contributed by atoms with Gasteiger partial charge in [-0.3, -0.25) is 9.20 Å². The van der Waals surface area contributed by atoms with Crippen LogP contribution in [0, 0.1) is 0 Å². The van der Waals surface area contributed by atoms with E-state index >= 15 is 0 Å². The number of nitrogens with zero attached hydrogens (tertiary/aromatic N) is 4. The highest BCUT2D eigenvalue weighted by molar-refractivity contribution is 5.79. The maximum absolute atomic E-state index is 12.9. The number of carbonyl (C=O) groups is 1. The van der Waals surface area contributed by atoms with Crippen LogP contribution in [0.25, 0.3) is 5.65 Å². The third kappa shape index (κ3) is 3.52. The first-order chi connectivity index (χ1) is 13.7. The summed E-state index contributed by atoms with van der Waals surface area (Å²) in [6.07, 6.45) is 4.29. The van der Waals surface area contributed by atoms with Gasteiger partial charge in [-0.25, -0.2) is 0 Å². The van der Waals surface area contributed by atoms with E-state index in [0.29, 0.717) is 24.5 Å². The summed E-state index contributed by atoms with van der Waals surface area (Å²) in [6.45, 7) is 1.45. The Morgan fingerprint density at radius 3 is 2.82 bits per heavy atom. The topological polar surface area (TPSA) is 69.0 Å². The summed E-state index contributed by atoms with van der Waals surface area (Å²) in [7, 11) is 3.20. The lowest BCUT2D eigenvalue weighted by Gasteiger charge is -2.32. The zero-order valence-corrected chi connectivity index (χ0v) is 16.2. The second kappa shape index (κ2) is 7.88. The molecule has 0 N–H and O–H groups in total. The van der Waals surface area contributed by atoms with Crippen molar-refractivity contribution in [3.05, 3.63) is 54.0 Å². The Morgan fingerprint density at radius 2 is 2.00 bits per heavy atom. The maximum Gasteiger partial charge on any atom is 0.227 e. The molecule has 1 saturated heterocycles. The van der Waals surface area contributed by atoms with Crippen molar-refractivity contribution in [1.82, 2.24) is 19.5 Å². The third-order valence-electron chi connectivity index (χ3n) is 5.28. The van der Waals surface area contributed by atoms with Crippen LogP contribution in [-0.4, -0.2) is 52.7 Å². The van der Waals surface area contributed by atoms with Gasteiger partial charge in [0.2, 0.25) is 5.91 Å². The molecule has 1 unspecified atom stereocenters. The Balaban J connectivity index is 1.48. The zero-order valence-electron chi connectivity index (χ0n) is 16.2. The number of benzene rings is 1. The van der Waals surface area contributed by atoms with Crippen molar-refractivity contribution >= 4 is 11.6 Å². The molecular weight excluding hydrogens is 356 g/mol. The van der Waals surface area contributed by atoms with Gasteiger partial charge in [-0.05, 0) is 42.7 Å². The number of hydrogen-bond donors (Lipinski definition) is 0. The van der Waals surface area contributed by atoms with Gasteiger partial charge < -0.3 is 14.4 Å². The summed E-state index contributed by atoms with van der Waals surface area (Å²) >= 11 is 0. The van der Waals surface area contributed by atoms with Crippen LogP contribution in [0.4, 0.5) is 0 Å². The summed E-state index contributed by atoms with van der Waals surface area (Å²) in [5.74, 6) is 2.54. The van der Waals surface area contributed by atoms with Gasteiger partial charge in [-0.15, -0.1) is 10.2 Å². The summed E-state index contributed by atoms with van der Waals surface area (Å²) in [5.41, 5.74) is 1.75. The van der Waals surface area contributed by atoms with Crippen molar-refractivity contribution in [3.8, 4) is 11.5 Å². The van der Waals surface area contributed by atoms with Crippen LogP contribution in [0.3, 0.4) is 0 Å². The zero-order chi connectivity index (χ0) is 19.5. The molecule has 1 aliphatic rings. The van der Waals surface area contributed by atoms with E-state index in [1.165, 1.54) is 0 Å². The molecule has 1 aliphatic heterocycles. The van der Waals surface area contributed by atoms with E-state index < -0.39 is 0 Å². The highest BCUT2D eigenvalue weighted by atomic mass is 16.5. The first-order valence-corrected chi connectivity index (χ1v) is 9.48. The molecule has 7 heteroatoms. The Labute approximate surface area is 163 Å². The van der Waals surface area contributed by atoms with E-state index in [4.69, 9.17) is 9.47 Å². The molecule has 7 nitrogen and oxygen atoms in total. The minimum absolute atomic E-state index is 0.116. The molecule has 1 aromatic carbocycles. The number of methoxy groups -OCH3 is 2. The number of pyridine rings is 1. The summed E-state index contributed by atoms with van der Waals surface area (Å²) < 4.78 is 12.6. The third-order valence-corrected chi connectivity index (χ3v) is 5.28. The molecule has 3 aromatic rings. The van der Waals surface area contributed by atoms with E-state index in [1.54, 1.807) is 14.2 Å². The SMILES string of the molecule is COc1ccc(CC(=O)N2CCCC(c3nnc4ccccn34)C2)cc1OC. The number of carbonyl (C=O) groups excluding carboxylic acids is 1. The summed E-state index contributed by atoms with van der Waals surface area (Å²) in [6, 6.07) is 11.5. The van der Waals surface area contributed by atoms with Crippen LogP contribution in [0.1, 0.15) is 30.1 Å². The first kappa shape index (κ1) is 18.3. The number of piperidine rings is 1. The normalized spacial score (nSPS) is 16.9. The van der Waals surface area contributed by atoms with E-state index in [1.807, 2.05) is 51.9 Å². The van der Waals surface area contributed by atoms with Crippen LogP contribution in [0.2, 0.25) is 0 Å². The van der Waals surface area contributed by atoms with Crippen LogP contribution in [0.15, 0.2) is 42.6 Å². The molecule has 1 fully saturated rings. The molecule has 0 aliphatic carbocycles. The summed E-state index contributed by atoms with van der Waals surface area (Å²) in [5, 5.41) is 8.63. The van der Waals surface area contributed by atoms with Crippen LogP contribution >= 0.6 is 0 Å². The van der Waals surface area contributed by atoms with Gasteiger partial charge in [0, 0.05) is 25.2 Å². The van der Waals surface area contributed by atoms with Gasteiger partial charge in [-0.1, -0.05) is 12.1 Å². The molecule has 146 valence electrons. The lowest BCUT2D eigenvalue weighted by Crippen LogP contribution is -2.40. The minimum Gasteiger partial charge on any atom is -0.493 e. The molecule has 4 rings (SSSR count). The molecule has 0 bridgehead atoms. The fourth-order valence-corrected chi connectivity index (χ4v) is 3.83. The number of amides is 1. The molecule has 2 aromatic heterocycles. The Kier molecular flexibility index (Phi) is 5.14. The number of likely N-dealkylation sites (tertiary alicyclic amines) is 1. The summed E-state index contributed by atoms with van der Waals surface area (Å²) in [4.78, 5) is 14.9. The van der Waals surface area contributed by atoms with Gasteiger partial charge in [0.25, 0.3) is 0 Å². The van der Waals surface area contributed by atoms with Gasteiger partial charge in [0.05, 0.1) is 20.6 Å². The quantitative estimate of drug-likeness (QED) is 0.681. The van der Waals surface area contributed by atoms with Gasteiger partial charge >= 0.3 is 0 Å².